The molecule has 0 N–H and O–H groups in total. The predicted octanol–water partition coefficient (Wildman–Crippen LogP) is 5.11. The Hall–Kier alpha value is -1.04. The molecule has 0 aromatic heterocycles. The Labute approximate surface area is 144 Å². The zero-order chi connectivity index (χ0) is 15.6. The average molecular weight is 435 g/mol. The minimum atomic E-state index is -0.147. The number of ketones is 1. The second-order valence-electron chi connectivity index (χ2n) is 4.14. The number of ether oxygens (including phenoxy) is 2. The molecule has 0 bridgehead atoms. The average Bonchev–Trinajstić information content (AvgIpc) is 2.46. The molecule has 0 saturated heterocycles. The fourth-order valence-corrected chi connectivity index (χ4v) is 3.21. The lowest BCUT2D eigenvalue weighted by atomic mass is 10.0. The minimum absolute atomic E-state index is 0.147. The molecule has 0 amide bonds. The third kappa shape index (κ3) is 3.42. The van der Waals surface area contributed by atoms with Crippen LogP contribution in [-0.2, 0) is 0 Å². The van der Waals surface area contributed by atoms with E-state index in [0.717, 1.165) is 0 Å². The van der Waals surface area contributed by atoms with Crippen molar-refractivity contribution < 1.29 is 14.3 Å². The fourth-order valence-electron chi connectivity index (χ4n) is 1.85. The molecule has 6 heteroatoms. The van der Waals surface area contributed by atoms with Gasteiger partial charge in [-0.3, -0.25) is 4.79 Å². The van der Waals surface area contributed by atoms with Gasteiger partial charge in [-0.05, 0) is 62.2 Å². The highest BCUT2D eigenvalue weighted by Crippen LogP contribution is 2.35. The number of carbonyl (C=O) groups excluding carboxylic acids is 1. The maximum absolute atomic E-state index is 12.7. The second kappa shape index (κ2) is 6.81. The number of benzene rings is 2. The standard InChI is InChI=1S/C15H11Br2ClO3/c1-20-13-6-10(12(17)7-14(13)21-2)15(19)9-4-3-8(18)5-11(9)16/h3-7H,1-2H3. The van der Waals surface area contributed by atoms with Crippen LogP contribution in [0.15, 0.2) is 39.3 Å². The van der Waals surface area contributed by atoms with Crippen LogP contribution in [0.3, 0.4) is 0 Å². The first-order valence-corrected chi connectivity index (χ1v) is 7.85. The summed E-state index contributed by atoms with van der Waals surface area (Å²) in [5.74, 6) is 0.900. The van der Waals surface area contributed by atoms with Crippen molar-refractivity contribution in [3.8, 4) is 11.5 Å². The third-order valence-corrected chi connectivity index (χ3v) is 4.44. The molecule has 0 aliphatic rings. The molecule has 0 atom stereocenters. The zero-order valence-electron chi connectivity index (χ0n) is 11.2. The molecule has 0 aliphatic heterocycles. The van der Waals surface area contributed by atoms with Crippen molar-refractivity contribution in [2.75, 3.05) is 14.2 Å². The maximum Gasteiger partial charge on any atom is 0.195 e. The van der Waals surface area contributed by atoms with Crippen LogP contribution >= 0.6 is 43.5 Å². The first kappa shape index (κ1) is 16.3. The van der Waals surface area contributed by atoms with Gasteiger partial charge in [-0.2, -0.15) is 0 Å². The van der Waals surface area contributed by atoms with Gasteiger partial charge in [-0.25, -0.2) is 0 Å². The van der Waals surface area contributed by atoms with E-state index in [4.69, 9.17) is 21.1 Å². The van der Waals surface area contributed by atoms with E-state index in [1.165, 1.54) is 7.11 Å². The van der Waals surface area contributed by atoms with Gasteiger partial charge in [0.05, 0.1) is 14.2 Å². The molecular weight excluding hydrogens is 423 g/mol. The van der Waals surface area contributed by atoms with Crippen LogP contribution in [0.2, 0.25) is 5.02 Å². The summed E-state index contributed by atoms with van der Waals surface area (Å²) < 4.78 is 11.7. The van der Waals surface area contributed by atoms with Crippen molar-refractivity contribution in [3.63, 3.8) is 0 Å². The third-order valence-electron chi connectivity index (χ3n) is 2.89. The number of methoxy groups -OCH3 is 2. The summed E-state index contributed by atoms with van der Waals surface area (Å²) in [6.45, 7) is 0. The van der Waals surface area contributed by atoms with Gasteiger partial charge in [-0.1, -0.05) is 11.6 Å². The summed E-state index contributed by atoms with van der Waals surface area (Å²) >= 11 is 12.6. The molecule has 0 heterocycles. The maximum atomic E-state index is 12.7. The monoisotopic (exact) mass is 432 g/mol. The molecule has 21 heavy (non-hydrogen) atoms. The van der Waals surface area contributed by atoms with Gasteiger partial charge in [0.2, 0.25) is 0 Å². The van der Waals surface area contributed by atoms with E-state index in [-0.39, 0.29) is 5.78 Å². The van der Waals surface area contributed by atoms with E-state index in [9.17, 15) is 4.79 Å². The highest BCUT2D eigenvalue weighted by Gasteiger charge is 2.19. The summed E-state index contributed by atoms with van der Waals surface area (Å²) in [7, 11) is 3.07. The second-order valence-corrected chi connectivity index (χ2v) is 6.29. The van der Waals surface area contributed by atoms with Gasteiger partial charge in [0, 0.05) is 25.1 Å². The SMILES string of the molecule is COc1cc(Br)c(C(=O)c2ccc(Cl)cc2Br)cc1OC. The molecular formula is C15H11Br2ClO3. The van der Waals surface area contributed by atoms with E-state index < -0.39 is 0 Å². The Morgan fingerprint density at radius 3 is 2.10 bits per heavy atom. The molecule has 0 unspecified atom stereocenters. The minimum Gasteiger partial charge on any atom is -0.493 e. The van der Waals surface area contributed by atoms with Crippen molar-refractivity contribution >= 4 is 49.2 Å². The lowest BCUT2D eigenvalue weighted by Crippen LogP contribution is -2.05. The van der Waals surface area contributed by atoms with Crippen LogP contribution in [0.1, 0.15) is 15.9 Å². The molecule has 0 fully saturated rings. The molecule has 0 saturated carbocycles. The van der Waals surface area contributed by atoms with Crippen molar-refractivity contribution in [2.45, 2.75) is 0 Å². The van der Waals surface area contributed by atoms with Crippen LogP contribution in [-0.4, -0.2) is 20.0 Å². The van der Waals surface area contributed by atoms with Crippen molar-refractivity contribution in [1.29, 1.82) is 0 Å². The summed E-state index contributed by atoms with van der Waals surface area (Å²) in [6, 6.07) is 8.39. The van der Waals surface area contributed by atoms with Gasteiger partial charge >= 0.3 is 0 Å². The van der Waals surface area contributed by atoms with Gasteiger partial charge < -0.3 is 9.47 Å². The smallest absolute Gasteiger partial charge is 0.195 e. The van der Waals surface area contributed by atoms with E-state index >= 15 is 0 Å². The van der Waals surface area contributed by atoms with Crippen LogP contribution < -0.4 is 9.47 Å². The van der Waals surface area contributed by atoms with Crippen molar-refractivity contribution in [2.24, 2.45) is 0 Å². The van der Waals surface area contributed by atoms with E-state index in [1.54, 1.807) is 37.4 Å². The van der Waals surface area contributed by atoms with Crippen molar-refractivity contribution in [3.05, 3.63) is 55.4 Å². The Morgan fingerprint density at radius 1 is 0.952 bits per heavy atom. The molecule has 3 nitrogen and oxygen atoms in total. The van der Waals surface area contributed by atoms with Gasteiger partial charge in [0.25, 0.3) is 0 Å². The number of halogens is 3. The van der Waals surface area contributed by atoms with Crippen LogP contribution in [0.25, 0.3) is 0 Å². The molecule has 0 spiro atoms. The fraction of sp³-hybridized carbons (Fsp3) is 0.133. The van der Waals surface area contributed by atoms with E-state index in [2.05, 4.69) is 31.9 Å². The van der Waals surface area contributed by atoms with Crippen LogP contribution in [0.5, 0.6) is 11.5 Å². The first-order chi connectivity index (χ1) is 9.97. The molecule has 0 aliphatic carbocycles. The number of hydrogen-bond donors (Lipinski definition) is 0. The Bertz CT molecular complexity index is 702. The van der Waals surface area contributed by atoms with E-state index in [0.29, 0.717) is 36.6 Å². The van der Waals surface area contributed by atoms with Gasteiger partial charge in [-0.15, -0.1) is 0 Å². The van der Waals surface area contributed by atoms with Crippen molar-refractivity contribution in [1.82, 2.24) is 0 Å². The summed E-state index contributed by atoms with van der Waals surface area (Å²) in [6.07, 6.45) is 0. The Morgan fingerprint density at radius 2 is 1.52 bits per heavy atom. The van der Waals surface area contributed by atoms with Crippen LogP contribution in [0.4, 0.5) is 0 Å². The highest BCUT2D eigenvalue weighted by atomic mass is 79.9. The normalized spacial score (nSPS) is 10.3. The molecule has 2 aromatic rings. The zero-order valence-corrected chi connectivity index (χ0v) is 15.2. The topological polar surface area (TPSA) is 35.5 Å². The first-order valence-electron chi connectivity index (χ1n) is 5.89. The van der Waals surface area contributed by atoms with E-state index in [1.807, 2.05) is 0 Å². The van der Waals surface area contributed by atoms with Crippen LogP contribution in [0, 0.1) is 0 Å². The summed E-state index contributed by atoms with van der Waals surface area (Å²) in [5, 5.41) is 0.560. The quantitative estimate of drug-likeness (QED) is 0.627. The lowest BCUT2D eigenvalue weighted by Gasteiger charge is -2.12. The summed E-state index contributed by atoms with van der Waals surface area (Å²) in [4.78, 5) is 12.7. The molecule has 110 valence electrons. The molecule has 2 aromatic carbocycles. The number of rotatable bonds is 4. The molecule has 2 rings (SSSR count). The number of hydrogen-bond acceptors (Lipinski definition) is 3. The highest BCUT2D eigenvalue weighted by molar-refractivity contribution is 9.11. The summed E-state index contributed by atoms with van der Waals surface area (Å²) in [5.41, 5.74) is 1.00. The lowest BCUT2D eigenvalue weighted by molar-refractivity contribution is 0.103. The Kier molecular flexibility index (Phi) is 5.30. The Balaban J connectivity index is 2.53. The predicted molar refractivity (Wildman–Crippen MR) is 89.8 cm³/mol. The van der Waals surface area contributed by atoms with Gasteiger partial charge in [0.15, 0.2) is 17.3 Å². The molecule has 0 radical (unpaired) electrons. The number of carbonyl (C=O) groups is 1. The largest absolute Gasteiger partial charge is 0.493 e. The van der Waals surface area contributed by atoms with Gasteiger partial charge in [0.1, 0.15) is 0 Å².